The summed E-state index contributed by atoms with van der Waals surface area (Å²) >= 11 is 5.49. The van der Waals surface area contributed by atoms with Gasteiger partial charge in [-0.3, -0.25) is 0 Å². The van der Waals surface area contributed by atoms with Crippen LogP contribution in [0.3, 0.4) is 0 Å². The smallest absolute Gasteiger partial charge is 0.00718 e. The van der Waals surface area contributed by atoms with E-state index in [-0.39, 0.29) is 0 Å². The Labute approximate surface area is 105 Å². The summed E-state index contributed by atoms with van der Waals surface area (Å²) in [7, 11) is 0. The highest BCUT2D eigenvalue weighted by Gasteiger charge is 2.18. The summed E-state index contributed by atoms with van der Waals surface area (Å²) in [6.07, 6.45) is 4.01. The number of nitrogens with zero attached hydrogens (tertiary/aromatic N) is 1. The molecule has 1 saturated heterocycles. The zero-order chi connectivity index (χ0) is 10.5. The highest BCUT2D eigenvalue weighted by atomic mass is 79.9. The van der Waals surface area contributed by atoms with E-state index in [1.54, 1.807) is 0 Å². The summed E-state index contributed by atoms with van der Waals surface area (Å²) in [4.78, 5) is 4.14. The molecule has 0 saturated carbocycles. The fraction of sp³-hybridized carbons (Fsp3) is 0.667. The van der Waals surface area contributed by atoms with E-state index < -0.39 is 0 Å². The van der Waals surface area contributed by atoms with Gasteiger partial charge in [0, 0.05) is 23.3 Å². The molecular formula is C12H18BrNS. The molecule has 0 bridgehead atoms. The van der Waals surface area contributed by atoms with E-state index in [0.717, 1.165) is 5.92 Å². The van der Waals surface area contributed by atoms with Crippen LogP contribution in [0.5, 0.6) is 0 Å². The van der Waals surface area contributed by atoms with Crippen LogP contribution in [0.4, 0.5) is 0 Å². The minimum absolute atomic E-state index is 0.877. The van der Waals surface area contributed by atoms with Crippen molar-refractivity contribution in [2.45, 2.75) is 19.3 Å². The Balaban J connectivity index is 1.74. The number of rotatable bonds is 4. The van der Waals surface area contributed by atoms with E-state index in [9.17, 15) is 0 Å². The Hall–Kier alpha value is 0.140. The lowest BCUT2D eigenvalue weighted by molar-refractivity contribution is 0.189. The van der Waals surface area contributed by atoms with Crippen LogP contribution in [-0.2, 0) is 6.42 Å². The first-order chi connectivity index (χ1) is 7.38. The van der Waals surface area contributed by atoms with E-state index in [0.29, 0.717) is 0 Å². The van der Waals surface area contributed by atoms with Crippen LogP contribution in [0.1, 0.15) is 17.7 Å². The maximum atomic E-state index is 3.60. The van der Waals surface area contributed by atoms with E-state index in [4.69, 9.17) is 0 Å². The minimum Gasteiger partial charge on any atom is -0.303 e. The number of hydrogen-bond donors (Lipinski definition) is 0. The Bertz CT molecular complexity index is 273. The Morgan fingerprint density at radius 1 is 1.53 bits per heavy atom. The molecule has 1 fully saturated rings. The monoisotopic (exact) mass is 287 g/mol. The Kier molecular flexibility index (Phi) is 4.66. The Morgan fingerprint density at radius 2 is 2.47 bits per heavy atom. The fourth-order valence-corrected chi connectivity index (χ4v) is 3.43. The van der Waals surface area contributed by atoms with Crippen molar-refractivity contribution in [1.82, 2.24) is 4.90 Å². The molecule has 0 amide bonds. The van der Waals surface area contributed by atoms with Gasteiger partial charge in [0.1, 0.15) is 0 Å². The van der Waals surface area contributed by atoms with E-state index >= 15 is 0 Å². The van der Waals surface area contributed by atoms with Gasteiger partial charge >= 0.3 is 0 Å². The van der Waals surface area contributed by atoms with Crippen LogP contribution in [0.2, 0.25) is 0 Å². The average molecular weight is 288 g/mol. The normalized spacial score (nSPS) is 23.1. The highest BCUT2D eigenvalue weighted by Crippen LogP contribution is 2.19. The third-order valence-corrected chi connectivity index (χ3v) is 4.93. The van der Waals surface area contributed by atoms with Crippen molar-refractivity contribution in [3.8, 4) is 0 Å². The third kappa shape index (κ3) is 3.58. The summed E-state index contributed by atoms with van der Waals surface area (Å²) in [6.45, 7) is 3.83. The molecule has 15 heavy (non-hydrogen) atoms. The van der Waals surface area contributed by atoms with Crippen LogP contribution in [0, 0.1) is 5.92 Å². The van der Waals surface area contributed by atoms with Crippen molar-refractivity contribution in [2.75, 3.05) is 25.0 Å². The molecule has 1 aliphatic rings. The molecule has 0 aromatic carbocycles. The largest absolute Gasteiger partial charge is 0.303 e. The third-order valence-electron chi connectivity index (χ3n) is 3.08. The van der Waals surface area contributed by atoms with Gasteiger partial charge < -0.3 is 4.90 Å². The summed E-state index contributed by atoms with van der Waals surface area (Å²) in [5, 5.41) is 3.34. The first-order valence-corrected chi connectivity index (χ1v) is 7.69. The molecule has 1 aromatic heterocycles. The standard InChI is InChI=1S/C12H18BrNS/c13-9-11-3-1-6-14(10-11)7-5-12-4-2-8-15-12/h2,4,8,11H,1,3,5-7,9-10H2. The molecule has 0 N–H and O–H groups in total. The first-order valence-electron chi connectivity index (χ1n) is 5.69. The topological polar surface area (TPSA) is 3.24 Å². The van der Waals surface area contributed by atoms with Gasteiger partial charge in [0.15, 0.2) is 0 Å². The van der Waals surface area contributed by atoms with Gasteiger partial charge in [-0.05, 0) is 43.2 Å². The molecule has 84 valence electrons. The average Bonchev–Trinajstić information content (AvgIpc) is 2.79. The molecule has 1 aromatic rings. The molecule has 1 nitrogen and oxygen atoms in total. The van der Waals surface area contributed by atoms with Crippen molar-refractivity contribution in [1.29, 1.82) is 0 Å². The number of alkyl halides is 1. The molecule has 0 aliphatic carbocycles. The number of halogens is 1. The predicted molar refractivity (Wildman–Crippen MR) is 71.0 cm³/mol. The van der Waals surface area contributed by atoms with Gasteiger partial charge in [0.2, 0.25) is 0 Å². The van der Waals surface area contributed by atoms with Crippen molar-refractivity contribution in [3.63, 3.8) is 0 Å². The molecule has 1 unspecified atom stereocenters. The first kappa shape index (κ1) is 11.6. The van der Waals surface area contributed by atoms with Crippen molar-refractivity contribution in [3.05, 3.63) is 22.4 Å². The molecule has 2 rings (SSSR count). The van der Waals surface area contributed by atoms with Gasteiger partial charge in [-0.15, -0.1) is 11.3 Å². The van der Waals surface area contributed by atoms with Gasteiger partial charge in [-0.25, -0.2) is 0 Å². The maximum absolute atomic E-state index is 3.60. The molecule has 2 heterocycles. The van der Waals surface area contributed by atoms with Crippen molar-refractivity contribution < 1.29 is 0 Å². The second-order valence-electron chi connectivity index (χ2n) is 4.29. The molecule has 0 radical (unpaired) electrons. The van der Waals surface area contributed by atoms with Crippen LogP contribution >= 0.6 is 27.3 Å². The molecule has 1 atom stereocenters. The molecule has 3 heteroatoms. The number of likely N-dealkylation sites (tertiary alicyclic amines) is 1. The second kappa shape index (κ2) is 6.02. The maximum Gasteiger partial charge on any atom is 0.00718 e. The van der Waals surface area contributed by atoms with Gasteiger partial charge in [-0.1, -0.05) is 22.0 Å². The number of thiophene rings is 1. The Morgan fingerprint density at radius 3 is 3.20 bits per heavy atom. The van der Waals surface area contributed by atoms with Gasteiger partial charge in [0.05, 0.1) is 0 Å². The minimum atomic E-state index is 0.877. The van der Waals surface area contributed by atoms with Gasteiger partial charge in [-0.2, -0.15) is 0 Å². The fourth-order valence-electron chi connectivity index (χ4n) is 2.20. The summed E-state index contributed by atoms with van der Waals surface area (Å²) in [5.74, 6) is 0.877. The second-order valence-corrected chi connectivity index (χ2v) is 5.97. The number of piperidine rings is 1. The molecule has 0 spiro atoms. The van der Waals surface area contributed by atoms with E-state index in [1.165, 1.54) is 49.1 Å². The zero-order valence-electron chi connectivity index (χ0n) is 8.99. The lowest BCUT2D eigenvalue weighted by Gasteiger charge is -2.31. The van der Waals surface area contributed by atoms with Crippen molar-refractivity contribution >= 4 is 27.3 Å². The van der Waals surface area contributed by atoms with Crippen LogP contribution in [0.15, 0.2) is 17.5 Å². The summed E-state index contributed by atoms with van der Waals surface area (Å²) in [5.41, 5.74) is 0. The lowest BCUT2D eigenvalue weighted by atomic mass is 10.0. The van der Waals surface area contributed by atoms with E-state index in [2.05, 4.69) is 38.3 Å². The van der Waals surface area contributed by atoms with Gasteiger partial charge in [0.25, 0.3) is 0 Å². The van der Waals surface area contributed by atoms with Crippen LogP contribution < -0.4 is 0 Å². The summed E-state index contributed by atoms with van der Waals surface area (Å²) in [6, 6.07) is 4.40. The summed E-state index contributed by atoms with van der Waals surface area (Å²) < 4.78 is 0. The zero-order valence-corrected chi connectivity index (χ0v) is 11.4. The molecular weight excluding hydrogens is 270 g/mol. The lowest BCUT2D eigenvalue weighted by Crippen LogP contribution is -2.37. The predicted octanol–water partition coefficient (Wildman–Crippen LogP) is 3.40. The SMILES string of the molecule is BrCC1CCCN(CCc2cccs2)C1. The number of hydrogen-bond acceptors (Lipinski definition) is 2. The highest BCUT2D eigenvalue weighted by molar-refractivity contribution is 9.09. The van der Waals surface area contributed by atoms with Crippen molar-refractivity contribution in [2.24, 2.45) is 5.92 Å². The molecule has 1 aliphatic heterocycles. The van der Waals surface area contributed by atoms with Crippen LogP contribution in [-0.4, -0.2) is 29.9 Å². The quantitative estimate of drug-likeness (QED) is 0.768. The van der Waals surface area contributed by atoms with Crippen LogP contribution in [0.25, 0.3) is 0 Å². The van der Waals surface area contributed by atoms with E-state index in [1.807, 2.05) is 11.3 Å².